The summed E-state index contributed by atoms with van der Waals surface area (Å²) in [5.41, 5.74) is 0. The lowest BCUT2D eigenvalue weighted by Crippen LogP contribution is -2.41. The van der Waals surface area contributed by atoms with Gasteiger partial charge in [0.2, 0.25) is 0 Å². The highest BCUT2D eigenvalue weighted by molar-refractivity contribution is 7.98. The van der Waals surface area contributed by atoms with Crippen LogP contribution in [0.5, 0.6) is 0 Å². The average molecular weight is 259 g/mol. The SMILES string of the molecule is CCC1CCC(O)C(CN(C)C(C)CSC)C1. The molecule has 4 unspecified atom stereocenters. The molecule has 0 spiro atoms. The molecule has 0 aromatic rings. The minimum Gasteiger partial charge on any atom is -0.393 e. The van der Waals surface area contributed by atoms with E-state index < -0.39 is 0 Å². The molecule has 0 aliphatic heterocycles. The van der Waals surface area contributed by atoms with E-state index in [1.54, 1.807) is 0 Å². The molecule has 0 aromatic carbocycles. The topological polar surface area (TPSA) is 23.5 Å². The first kappa shape index (κ1) is 15.3. The fourth-order valence-electron chi connectivity index (χ4n) is 2.83. The number of aliphatic hydroxyl groups excluding tert-OH is 1. The first-order valence-electron chi connectivity index (χ1n) is 6.95. The second-order valence-electron chi connectivity index (χ2n) is 5.66. The largest absolute Gasteiger partial charge is 0.393 e. The van der Waals surface area contributed by atoms with Gasteiger partial charge in [-0.05, 0) is 51.3 Å². The Balaban J connectivity index is 2.42. The average Bonchev–Trinajstić information content (AvgIpc) is 2.32. The van der Waals surface area contributed by atoms with Crippen LogP contribution in [-0.2, 0) is 0 Å². The molecule has 0 bridgehead atoms. The van der Waals surface area contributed by atoms with Crippen molar-refractivity contribution >= 4 is 11.8 Å². The standard InChI is InChI=1S/C14H29NOS/c1-5-12-6-7-14(16)13(8-12)9-15(3)11(2)10-17-4/h11-14,16H,5-10H2,1-4H3. The first-order valence-corrected chi connectivity index (χ1v) is 8.35. The fraction of sp³-hybridized carbons (Fsp3) is 1.00. The summed E-state index contributed by atoms with van der Waals surface area (Å²) in [6.07, 6.45) is 6.81. The number of rotatable bonds is 6. The van der Waals surface area contributed by atoms with E-state index in [1.165, 1.54) is 25.0 Å². The van der Waals surface area contributed by atoms with E-state index in [4.69, 9.17) is 0 Å². The van der Waals surface area contributed by atoms with Gasteiger partial charge in [0.1, 0.15) is 0 Å². The van der Waals surface area contributed by atoms with Crippen molar-refractivity contribution in [2.75, 3.05) is 25.6 Å². The maximum Gasteiger partial charge on any atom is 0.0580 e. The summed E-state index contributed by atoms with van der Waals surface area (Å²) in [6.45, 7) is 5.61. The molecular weight excluding hydrogens is 230 g/mol. The Hall–Kier alpha value is 0.270. The molecule has 0 saturated heterocycles. The van der Waals surface area contributed by atoms with E-state index in [9.17, 15) is 5.11 Å². The van der Waals surface area contributed by atoms with Crippen LogP contribution in [-0.4, -0.2) is 47.8 Å². The van der Waals surface area contributed by atoms with Crippen molar-refractivity contribution in [2.45, 2.75) is 51.7 Å². The van der Waals surface area contributed by atoms with Crippen molar-refractivity contribution < 1.29 is 5.11 Å². The van der Waals surface area contributed by atoms with Gasteiger partial charge in [0, 0.05) is 18.3 Å². The van der Waals surface area contributed by atoms with Crippen LogP contribution in [0.2, 0.25) is 0 Å². The lowest BCUT2D eigenvalue weighted by molar-refractivity contribution is 0.0268. The summed E-state index contributed by atoms with van der Waals surface area (Å²) in [4.78, 5) is 2.42. The molecule has 1 aliphatic rings. The van der Waals surface area contributed by atoms with Crippen molar-refractivity contribution in [3.8, 4) is 0 Å². The minimum atomic E-state index is -0.0678. The van der Waals surface area contributed by atoms with Gasteiger partial charge < -0.3 is 10.0 Å². The number of hydrogen-bond acceptors (Lipinski definition) is 3. The summed E-state index contributed by atoms with van der Waals surface area (Å²) in [7, 11) is 2.20. The Morgan fingerprint density at radius 3 is 2.71 bits per heavy atom. The maximum absolute atomic E-state index is 10.1. The molecule has 1 aliphatic carbocycles. The Kier molecular flexibility index (Phi) is 6.90. The molecule has 0 amide bonds. The van der Waals surface area contributed by atoms with E-state index in [0.717, 1.165) is 18.9 Å². The highest BCUT2D eigenvalue weighted by Gasteiger charge is 2.29. The summed E-state index contributed by atoms with van der Waals surface area (Å²) in [6, 6.07) is 0.610. The normalized spacial score (nSPS) is 31.8. The van der Waals surface area contributed by atoms with E-state index in [1.807, 2.05) is 11.8 Å². The number of hydrogen-bond donors (Lipinski definition) is 1. The third-order valence-corrected chi connectivity index (χ3v) is 5.13. The van der Waals surface area contributed by atoms with Crippen LogP contribution >= 0.6 is 11.8 Å². The van der Waals surface area contributed by atoms with E-state index >= 15 is 0 Å². The van der Waals surface area contributed by atoms with Gasteiger partial charge in [0.05, 0.1) is 6.10 Å². The number of aliphatic hydroxyl groups is 1. The van der Waals surface area contributed by atoms with Crippen molar-refractivity contribution in [2.24, 2.45) is 11.8 Å². The van der Waals surface area contributed by atoms with Crippen LogP contribution in [0.25, 0.3) is 0 Å². The van der Waals surface area contributed by atoms with Crippen molar-refractivity contribution in [1.82, 2.24) is 4.90 Å². The molecule has 1 rings (SSSR count). The highest BCUT2D eigenvalue weighted by atomic mass is 32.2. The van der Waals surface area contributed by atoms with Gasteiger partial charge >= 0.3 is 0 Å². The zero-order chi connectivity index (χ0) is 12.8. The fourth-order valence-corrected chi connectivity index (χ4v) is 3.57. The van der Waals surface area contributed by atoms with Crippen LogP contribution < -0.4 is 0 Å². The van der Waals surface area contributed by atoms with Crippen molar-refractivity contribution in [3.05, 3.63) is 0 Å². The van der Waals surface area contributed by atoms with Crippen LogP contribution in [0.15, 0.2) is 0 Å². The Morgan fingerprint density at radius 2 is 2.12 bits per heavy atom. The molecular formula is C14H29NOS. The Labute approximate surface area is 111 Å². The Morgan fingerprint density at radius 1 is 1.41 bits per heavy atom. The van der Waals surface area contributed by atoms with Crippen LogP contribution in [0, 0.1) is 11.8 Å². The molecule has 4 atom stereocenters. The molecule has 102 valence electrons. The third-order valence-electron chi connectivity index (χ3n) is 4.31. The predicted octanol–water partition coefficient (Wildman–Crippen LogP) is 2.86. The van der Waals surface area contributed by atoms with Crippen molar-refractivity contribution in [3.63, 3.8) is 0 Å². The van der Waals surface area contributed by atoms with E-state index in [0.29, 0.717) is 12.0 Å². The smallest absolute Gasteiger partial charge is 0.0580 e. The quantitative estimate of drug-likeness (QED) is 0.793. The van der Waals surface area contributed by atoms with Crippen LogP contribution in [0.3, 0.4) is 0 Å². The summed E-state index contributed by atoms with van der Waals surface area (Å²) in [5.74, 6) is 2.51. The highest BCUT2D eigenvalue weighted by Crippen LogP contribution is 2.32. The van der Waals surface area contributed by atoms with Crippen molar-refractivity contribution in [1.29, 1.82) is 0 Å². The molecule has 1 saturated carbocycles. The summed E-state index contributed by atoms with van der Waals surface area (Å²) < 4.78 is 0. The third kappa shape index (κ3) is 4.80. The maximum atomic E-state index is 10.1. The molecule has 17 heavy (non-hydrogen) atoms. The van der Waals surface area contributed by atoms with Gasteiger partial charge in [-0.25, -0.2) is 0 Å². The lowest BCUT2D eigenvalue weighted by Gasteiger charge is -2.37. The second kappa shape index (κ2) is 7.65. The lowest BCUT2D eigenvalue weighted by atomic mass is 9.78. The molecule has 1 fully saturated rings. The molecule has 3 heteroatoms. The van der Waals surface area contributed by atoms with Gasteiger partial charge in [0.25, 0.3) is 0 Å². The molecule has 1 N–H and O–H groups in total. The van der Waals surface area contributed by atoms with Crippen LogP contribution in [0.1, 0.15) is 39.5 Å². The van der Waals surface area contributed by atoms with Crippen LogP contribution in [0.4, 0.5) is 0 Å². The first-order chi connectivity index (χ1) is 8.08. The zero-order valence-electron chi connectivity index (χ0n) is 11.9. The predicted molar refractivity (Wildman–Crippen MR) is 77.6 cm³/mol. The molecule has 0 heterocycles. The Bertz CT molecular complexity index is 212. The van der Waals surface area contributed by atoms with Gasteiger partial charge in [0.15, 0.2) is 0 Å². The van der Waals surface area contributed by atoms with Gasteiger partial charge in [-0.2, -0.15) is 11.8 Å². The number of nitrogens with zero attached hydrogens (tertiary/aromatic N) is 1. The molecule has 0 radical (unpaired) electrons. The van der Waals surface area contributed by atoms with E-state index in [2.05, 4.69) is 32.1 Å². The molecule has 0 aromatic heterocycles. The van der Waals surface area contributed by atoms with Gasteiger partial charge in [-0.1, -0.05) is 13.3 Å². The summed E-state index contributed by atoms with van der Waals surface area (Å²) >= 11 is 1.90. The van der Waals surface area contributed by atoms with Gasteiger partial charge in [-0.3, -0.25) is 0 Å². The zero-order valence-corrected chi connectivity index (χ0v) is 12.7. The molecule has 2 nitrogen and oxygen atoms in total. The number of thioether (sulfide) groups is 1. The van der Waals surface area contributed by atoms with Gasteiger partial charge in [-0.15, -0.1) is 0 Å². The summed E-state index contributed by atoms with van der Waals surface area (Å²) in [5, 5.41) is 10.1. The monoisotopic (exact) mass is 259 g/mol. The van der Waals surface area contributed by atoms with E-state index in [-0.39, 0.29) is 6.10 Å². The second-order valence-corrected chi connectivity index (χ2v) is 6.57. The minimum absolute atomic E-state index is 0.0678.